The molecule has 1 N–H and O–H groups in total. The lowest BCUT2D eigenvalue weighted by Gasteiger charge is -2.28. The van der Waals surface area contributed by atoms with Crippen molar-refractivity contribution in [1.82, 2.24) is 14.7 Å². The smallest absolute Gasteiger partial charge is 0.345 e. The SMILES string of the molecule is O=C(N1CCc2ccccc2C1)n1nc(O)c2ccc(F)cc21. The number of carbonyl (C=O) groups is 1. The first kappa shape index (κ1) is 13.8. The molecule has 6 heteroatoms. The van der Waals surface area contributed by atoms with E-state index in [1.54, 1.807) is 4.90 Å². The summed E-state index contributed by atoms with van der Waals surface area (Å²) in [5.41, 5.74) is 2.60. The third-order valence-electron chi connectivity index (χ3n) is 4.21. The number of rotatable bonds is 0. The minimum absolute atomic E-state index is 0.270. The van der Waals surface area contributed by atoms with Gasteiger partial charge in [0.15, 0.2) is 0 Å². The van der Waals surface area contributed by atoms with E-state index in [9.17, 15) is 14.3 Å². The van der Waals surface area contributed by atoms with Crippen molar-refractivity contribution in [1.29, 1.82) is 0 Å². The van der Waals surface area contributed by atoms with Crippen molar-refractivity contribution in [2.75, 3.05) is 6.54 Å². The minimum Gasteiger partial charge on any atom is -0.492 e. The maximum atomic E-state index is 13.5. The van der Waals surface area contributed by atoms with E-state index in [1.807, 2.05) is 18.2 Å². The van der Waals surface area contributed by atoms with Gasteiger partial charge in [-0.25, -0.2) is 9.18 Å². The molecule has 2 heterocycles. The van der Waals surface area contributed by atoms with Crippen LogP contribution >= 0.6 is 0 Å². The topological polar surface area (TPSA) is 58.4 Å². The Morgan fingerprint density at radius 2 is 1.96 bits per heavy atom. The number of halogens is 1. The van der Waals surface area contributed by atoms with Gasteiger partial charge in [0.2, 0.25) is 5.88 Å². The third-order valence-corrected chi connectivity index (χ3v) is 4.21. The second-order valence-corrected chi connectivity index (χ2v) is 5.62. The van der Waals surface area contributed by atoms with Gasteiger partial charge in [0.1, 0.15) is 5.82 Å². The molecular formula is C17H14FN3O2. The highest BCUT2D eigenvalue weighted by Crippen LogP contribution is 2.26. The molecule has 4 rings (SSSR count). The molecule has 1 aliphatic heterocycles. The zero-order chi connectivity index (χ0) is 16.0. The lowest BCUT2D eigenvalue weighted by Crippen LogP contribution is -2.39. The molecule has 1 aromatic heterocycles. The number of aromatic hydroxyl groups is 1. The third kappa shape index (κ3) is 2.23. The molecule has 0 fully saturated rings. The molecule has 0 atom stereocenters. The van der Waals surface area contributed by atoms with Gasteiger partial charge in [0.05, 0.1) is 10.9 Å². The summed E-state index contributed by atoms with van der Waals surface area (Å²) in [6.07, 6.45) is 0.765. The number of hydrogen-bond donors (Lipinski definition) is 1. The summed E-state index contributed by atoms with van der Waals surface area (Å²) in [6.45, 7) is 1.04. The maximum absolute atomic E-state index is 13.5. The van der Waals surface area contributed by atoms with E-state index in [0.29, 0.717) is 18.5 Å². The van der Waals surface area contributed by atoms with E-state index < -0.39 is 5.82 Å². The molecule has 1 aliphatic rings. The molecular weight excluding hydrogens is 297 g/mol. The van der Waals surface area contributed by atoms with Gasteiger partial charge in [-0.15, -0.1) is 5.10 Å². The maximum Gasteiger partial charge on any atom is 0.345 e. The zero-order valence-corrected chi connectivity index (χ0v) is 12.2. The van der Waals surface area contributed by atoms with Crippen molar-refractivity contribution in [3.63, 3.8) is 0 Å². The molecule has 1 amide bonds. The fourth-order valence-electron chi connectivity index (χ4n) is 3.01. The van der Waals surface area contributed by atoms with Crippen LogP contribution < -0.4 is 0 Å². The number of aromatic nitrogens is 2. The molecule has 23 heavy (non-hydrogen) atoms. The van der Waals surface area contributed by atoms with Gasteiger partial charge in [0.25, 0.3) is 0 Å². The molecule has 5 nitrogen and oxygen atoms in total. The normalized spacial score (nSPS) is 14.0. The first-order valence-electron chi connectivity index (χ1n) is 7.37. The monoisotopic (exact) mass is 311 g/mol. The van der Waals surface area contributed by atoms with E-state index in [2.05, 4.69) is 11.2 Å². The van der Waals surface area contributed by atoms with Gasteiger partial charge in [-0.05, 0) is 29.7 Å². The van der Waals surface area contributed by atoms with Gasteiger partial charge in [-0.1, -0.05) is 24.3 Å². The van der Waals surface area contributed by atoms with Gasteiger partial charge in [-0.3, -0.25) is 0 Å². The summed E-state index contributed by atoms with van der Waals surface area (Å²) >= 11 is 0. The molecule has 0 unspecified atom stereocenters. The fraction of sp³-hybridized carbons (Fsp3) is 0.176. The van der Waals surface area contributed by atoms with Gasteiger partial charge in [0, 0.05) is 19.2 Å². The first-order chi connectivity index (χ1) is 11.1. The highest BCUT2D eigenvalue weighted by molar-refractivity contribution is 5.93. The Hall–Kier alpha value is -2.89. The Balaban J connectivity index is 1.72. The number of nitrogens with zero attached hydrogens (tertiary/aromatic N) is 3. The van der Waals surface area contributed by atoms with Crippen LogP contribution in [0, 0.1) is 5.82 Å². The molecule has 0 radical (unpaired) electrons. The second kappa shape index (κ2) is 5.08. The molecule has 0 saturated heterocycles. The summed E-state index contributed by atoms with van der Waals surface area (Å²) in [5.74, 6) is -0.749. The minimum atomic E-state index is -0.476. The van der Waals surface area contributed by atoms with Crippen molar-refractivity contribution < 1.29 is 14.3 Å². The van der Waals surface area contributed by atoms with Crippen LogP contribution in [-0.4, -0.2) is 32.4 Å². The molecule has 116 valence electrons. The first-order valence-corrected chi connectivity index (χ1v) is 7.37. The summed E-state index contributed by atoms with van der Waals surface area (Å²) in [4.78, 5) is 14.4. The predicted octanol–water partition coefficient (Wildman–Crippen LogP) is 2.91. The molecule has 2 aromatic carbocycles. The Kier molecular flexibility index (Phi) is 3.04. The van der Waals surface area contributed by atoms with Crippen LogP contribution in [0.4, 0.5) is 9.18 Å². The average Bonchev–Trinajstić information content (AvgIpc) is 2.90. The molecule has 0 aliphatic carbocycles. The summed E-state index contributed by atoms with van der Waals surface area (Å²) in [6, 6.07) is 11.5. The lowest BCUT2D eigenvalue weighted by molar-refractivity contribution is 0.191. The van der Waals surface area contributed by atoms with Crippen LogP contribution in [0.25, 0.3) is 10.9 Å². The second-order valence-electron chi connectivity index (χ2n) is 5.62. The van der Waals surface area contributed by atoms with Crippen LogP contribution in [0.1, 0.15) is 11.1 Å². The van der Waals surface area contributed by atoms with E-state index in [4.69, 9.17) is 0 Å². The van der Waals surface area contributed by atoms with Crippen molar-refractivity contribution >= 4 is 16.9 Å². The van der Waals surface area contributed by atoms with E-state index >= 15 is 0 Å². The zero-order valence-electron chi connectivity index (χ0n) is 12.2. The van der Waals surface area contributed by atoms with Crippen LogP contribution in [-0.2, 0) is 13.0 Å². The van der Waals surface area contributed by atoms with Crippen molar-refractivity contribution in [3.8, 4) is 5.88 Å². The number of carbonyl (C=O) groups excluding carboxylic acids is 1. The molecule has 3 aromatic rings. The highest BCUT2D eigenvalue weighted by atomic mass is 19.1. The number of fused-ring (bicyclic) bond motifs is 2. The predicted molar refractivity (Wildman–Crippen MR) is 82.7 cm³/mol. The quantitative estimate of drug-likeness (QED) is 0.694. The van der Waals surface area contributed by atoms with Gasteiger partial charge < -0.3 is 10.0 Å². The highest BCUT2D eigenvalue weighted by Gasteiger charge is 2.24. The number of amides is 1. The van der Waals surface area contributed by atoms with E-state index in [1.165, 1.54) is 23.8 Å². The summed E-state index contributed by atoms with van der Waals surface area (Å²) in [5, 5.41) is 14.1. The molecule has 0 bridgehead atoms. The van der Waals surface area contributed by atoms with Crippen LogP contribution in [0.3, 0.4) is 0 Å². The average molecular weight is 311 g/mol. The standard InChI is InChI=1S/C17H14FN3O2/c18-13-5-6-14-15(9-13)21(19-16(14)22)17(23)20-8-7-11-3-1-2-4-12(11)10-20/h1-6,9H,7-8,10H2,(H,19,22). The van der Waals surface area contributed by atoms with E-state index in [0.717, 1.165) is 16.7 Å². The van der Waals surface area contributed by atoms with Gasteiger partial charge >= 0.3 is 6.03 Å². The summed E-state index contributed by atoms with van der Waals surface area (Å²) < 4.78 is 14.6. The Labute approximate surface area is 131 Å². The van der Waals surface area contributed by atoms with Crippen LogP contribution in [0.5, 0.6) is 5.88 Å². The summed E-state index contributed by atoms with van der Waals surface area (Å²) in [7, 11) is 0. The van der Waals surface area contributed by atoms with Crippen molar-refractivity contribution in [2.24, 2.45) is 0 Å². The van der Waals surface area contributed by atoms with E-state index in [-0.39, 0.29) is 17.4 Å². The Bertz CT molecular complexity index is 919. The molecule has 0 saturated carbocycles. The van der Waals surface area contributed by atoms with Crippen LogP contribution in [0.2, 0.25) is 0 Å². The van der Waals surface area contributed by atoms with Crippen LogP contribution in [0.15, 0.2) is 42.5 Å². The number of benzene rings is 2. The van der Waals surface area contributed by atoms with Gasteiger partial charge in [-0.2, -0.15) is 4.68 Å². The largest absolute Gasteiger partial charge is 0.492 e. The van der Waals surface area contributed by atoms with Crippen molar-refractivity contribution in [2.45, 2.75) is 13.0 Å². The Morgan fingerprint density at radius 1 is 1.17 bits per heavy atom. The lowest BCUT2D eigenvalue weighted by atomic mass is 10.0. The number of hydrogen-bond acceptors (Lipinski definition) is 3. The molecule has 0 spiro atoms. The Morgan fingerprint density at radius 3 is 2.78 bits per heavy atom. The van der Waals surface area contributed by atoms with Crippen molar-refractivity contribution in [3.05, 3.63) is 59.4 Å². The fourth-order valence-corrected chi connectivity index (χ4v) is 3.01.